The van der Waals surface area contributed by atoms with Gasteiger partial charge in [-0.05, 0) is 59.5 Å². The molecule has 0 unspecified atom stereocenters. The maximum atomic E-state index is 12.0. The Kier molecular flexibility index (Phi) is 7.24. The molecule has 2 aliphatic rings. The minimum Gasteiger partial charge on any atom is -0.444 e. The average Bonchev–Trinajstić information content (AvgIpc) is 2.39. The summed E-state index contributed by atoms with van der Waals surface area (Å²) in [4.78, 5) is 13.8. The van der Waals surface area contributed by atoms with Crippen molar-refractivity contribution in [3.8, 4) is 0 Å². The molecular formula is C15H29ClN2O3. The van der Waals surface area contributed by atoms with Gasteiger partial charge in [-0.2, -0.15) is 0 Å². The van der Waals surface area contributed by atoms with E-state index in [-0.39, 0.29) is 18.5 Å². The van der Waals surface area contributed by atoms with Crippen molar-refractivity contribution < 1.29 is 14.3 Å². The van der Waals surface area contributed by atoms with Gasteiger partial charge in [0.2, 0.25) is 0 Å². The molecule has 21 heavy (non-hydrogen) atoms. The molecule has 0 spiro atoms. The van der Waals surface area contributed by atoms with E-state index in [9.17, 15) is 4.79 Å². The lowest BCUT2D eigenvalue weighted by Crippen LogP contribution is -2.44. The highest BCUT2D eigenvalue weighted by Crippen LogP contribution is 2.20. The minimum absolute atomic E-state index is 0. The van der Waals surface area contributed by atoms with Crippen LogP contribution in [0.5, 0.6) is 0 Å². The number of amides is 1. The molecule has 6 heteroatoms. The first-order valence-corrected chi connectivity index (χ1v) is 7.78. The predicted octanol–water partition coefficient (Wildman–Crippen LogP) is 2.58. The third-order valence-electron chi connectivity index (χ3n) is 3.76. The van der Waals surface area contributed by atoms with E-state index in [1.54, 1.807) is 4.90 Å². The highest BCUT2D eigenvalue weighted by Gasteiger charge is 2.28. The lowest BCUT2D eigenvalue weighted by atomic mass is 10.1. The highest BCUT2D eigenvalue weighted by atomic mass is 35.5. The fourth-order valence-corrected chi connectivity index (χ4v) is 2.70. The van der Waals surface area contributed by atoms with Gasteiger partial charge in [0.25, 0.3) is 0 Å². The quantitative estimate of drug-likeness (QED) is 0.849. The fraction of sp³-hybridized carbons (Fsp3) is 0.933. The van der Waals surface area contributed by atoms with Crippen LogP contribution in [0.4, 0.5) is 4.79 Å². The Morgan fingerprint density at radius 2 is 1.57 bits per heavy atom. The van der Waals surface area contributed by atoms with Crippen molar-refractivity contribution in [2.45, 2.75) is 64.3 Å². The molecule has 2 heterocycles. The van der Waals surface area contributed by atoms with Crippen LogP contribution in [0.25, 0.3) is 0 Å². The molecule has 2 rings (SSSR count). The van der Waals surface area contributed by atoms with Crippen LogP contribution in [0.1, 0.15) is 46.5 Å². The fourth-order valence-electron chi connectivity index (χ4n) is 2.70. The summed E-state index contributed by atoms with van der Waals surface area (Å²) >= 11 is 0. The van der Waals surface area contributed by atoms with Crippen molar-refractivity contribution in [3.05, 3.63) is 0 Å². The molecule has 2 saturated heterocycles. The number of rotatable bonds is 2. The number of piperidine rings is 2. The second-order valence-electron chi connectivity index (χ2n) is 6.75. The predicted molar refractivity (Wildman–Crippen MR) is 85.1 cm³/mol. The second-order valence-corrected chi connectivity index (χ2v) is 6.75. The van der Waals surface area contributed by atoms with Crippen molar-refractivity contribution >= 4 is 18.5 Å². The van der Waals surface area contributed by atoms with E-state index in [2.05, 4.69) is 5.32 Å². The third-order valence-corrected chi connectivity index (χ3v) is 3.76. The Morgan fingerprint density at radius 1 is 1.05 bits per heavy atom. The zero-order chi connectivity index (χ0) is 14.6. The molecule has 0 aliphatic carbocycles. The van der Waals surface area contributed by atoms with Crippen molar-refractivity contribution in [2.24, 2.45) is 0 Å². The van der Waals surface area contributed by atoms with Gasteiger partial charge in [-0.3, -0.25) is 0 Å². The second kappa shape index (κ2) is 8.20. The number of halogens is 1. The minimum atomic E-state index is -0.417. The van der Waals surface area contributed by atoms with E-state index >= 15 is 0 Å². The van der Waals surface area contributed by atoms with Crippen LogP contribution in [-0.2, 0) is 9.47 Å². The van der Waals surface area contributed by atoms with Crippen molar-refractivity contribution in [1.82, 2.24) is 10.2 Å². The molecular weight excluding hydrogens is 292 g/mol. The van der Waals surface area contributed by atoms with Gasteiger partial charge < -0.3 is 19.7 Å². The standard InChI is InChI=1S/C15H28N2O3.ClH/c1-15(2,3)20-14(18)17-10-6-13(7-11-17)19-12-4-8-16-9-5-12;/h12-13,16H,4-11H2,1-3H3;1H. The largest absolute Gasteiger partial charge is 0.444 e. The summed E-state index contributed by atoms with van der Waals surface area (Å²) in [6, 6.07) is 0. The van der Waals surface area contributed by atoms with E-state index in [4.69, 9.17) is 9.47 Å². The summed E-state index contributed by atoms with van der Waals surface area (Å²) in [6.45, 7) is 9.30. The maximum Gasteiger partial charge on any atom is 0.410 e. The Labute approximate surface area is 134 Å². The van der Waals surface area contributed by atoms with Gasteiger partial charge in [-0.1, -0.05) is 0 Å². The third kappa shape index (κ3) is 6.41. The van der Waals surface area contributed by atoms with Crippen LogP contribution < -0.4 is 5.32 Å². The number of hydrogen-bond donors (Lipinski definition) is 1. The first-order valence-electron chi connectivity index (χ1n) is 7.78. The molecule has 124 valence electrons. The van der Waals surface area contributed by atoms with Gasteiger partial charge in [-0.15, -0.1) is 12.4 Å². The van der Waals surface area contributed by atoms with Gasteiger partial charge in [0.15, 0.2) is 0 Å². The van der Waals surface area contributed by atoms with Crippen LogP contribution >= 0.6 is 12.4 Å². The highest BCUT2D eigenvalue weighted by molar-refractivity contribution is 5.85. The number of carbonyl (C=O) groups is 1. The Balaban J connectivity index is 0.00000220. The monoisotopic (exact) mass is 320 g/mol. The lowest BCUT2D eigenvalue weighted by molar-refractivity contribution is -0.0554. The van der Waals surface area contributed by atoms with Crippen LogP contribution in [0.2, 0.25) is 0 Å². The molecule has 0 atom stereocenters. The van der Waals surface area contributed by atoms with E-state index in [0.29, 0.717) is 12.2 Å². The Hall–Kier alpha value is -0.520. The number of nitrogens with one attached hydrogen (secondary N) is 1. The van der Waals surface area contributed by atoms with Gasteiger partial charge in [0.05, 0.1) is 12.2 Å². The number of carbonyl (C=O) groups excluding carboxylic acids is 1. The van der Waals surface area contributed by atoms with Crippen molar-refractivity contribution in [3.63, 3.8) is 0 Å². The molecule has 0 aromatic carbocycles. The molecule has 0 aromatic rings. The van der Waals surface area contributed by atoms with E-state index in [1.165, 1.54) is 0 Å². The topological polar surface area (TPSA) is 50.8 Å². The first kappa shape index (κ1) is 18.5. The number of likely N-dealkylation sites (tertiary alicyclic amines) is 1. The number of hydrogen-bond acceptors (Lipinski definition) is 4. The smallest absolute Gasteiger partial charge is 0.410 e. The Morgan fingerprint density at radius 3 is 2.10 bits per heavy atom. The molecule has 2 aliphatic heterocycles. The molecule has 0 saturated carbocycles. The molecule has 0 radical (unpaired) electrons. The molecule has 0 bridgehead atoms. The SMILES string of the molecule is CC(C)(C)OC(=O)N1CCC(OC2CCNCC2)CC1.Cl. The van der Waals surface area contributed by atoms with Crippen LogP contribution in [0.3, 0.4) is 0 Å². The molecule has 0 aromatic heterocycles. The van der Waals surface area contributed by atoms with Gasteiger partial charge in [-0.25, -0.2) is 4.79 Å². The molecule has 1 N–H and O–H groups in total. The van der Waals surface area contributed by atoms with E-state index < -0.39 is 5.60 Å². The van der Waals surface area contributed by atoms with Gasteiger partial charge >= 0.3 is 6.09 Å². The molecule has 5 nitrogen and oxygen atoms in total. The zero-order valence-electron chi connectivity index (χ0n) is 13.4. The molecule has 2 fully saturated rings. The zero-order valence-corrected chi connectivity index (χ0v) is 14.2. The number of nitrogens with zero attached hydrogens (tertiary/aromatic N) is 1. The van der Waals surface area contributed by atoms with Gasteiger partial charge in [0.1, 0.15) is 5.60 Å². The number of ether oxygens (including phenoxy) is 2. The summed E-state index contributed by atoms with van der Waals surface area (Å²) in [5.41, 5.74) is -0.417. The van der Waals surface area contributed by atoms with Crippen LogP contribution in [0, 0.1) is 0 Å². The summed E-state index contributed by atoms with van der Waals surface area (Å²) < 4.78 is 11.5. The van der Waals surface area contributed by atoms with Crippen LogP contribution in [-0.4, -0.2) is 55.0 Å². The summed E-state index contributed by atoms with van der Waals surface area (Å²) in [5.74, 6) is 0. The van der Waals surface area contributed by atoms with E-state index in [1.807, 2.05) is 20.8 Å². The summed E-state index contributed by atoms with van der Waals surface area (Å²) in [5, 5.41) is 3.35. The lowest BCUT2D eigenvalue weighted by Gasteiger charge is -2.35. The molecule has 1 amide bonds. The summed E-state index contributed by atoms with van der Waals surface area (Å²) in [6.07, 6.45) is 4.55. The first-order chi connectivity index (χ1) is 9.44. The van der Waals surface area contributed by atoms with E-state index in [0.717, 1.165) is 51.9 Å². The van der Waals surface area contributed by atoms with Crippen molar-refractivity contribution in [1.29, 1.82) is 0 Å². The Bertz CT molecular complexity index is 319. The van der Waals surface area contributed by atoms with Crippen LogP contribution in [0.15, 0.2) is 0 Å². The normalized spacial score (nSPS) is 21.8. The summed E-state index contributed by atoms with van der Waals surface area (Å²) in [7, 11) is 0. The maximum absolute atomic E-state index is 12.0. The van der Waals surface area contributed by atoms with Crippen molar-refractivity contribution in [2.75, 3.05) is 26.2 Å². The van der Waals surface area contributed by atoms with Gasteiger partial charge in [0, 0.05) is 13.1 Å². The average molecular weight is 321 g/mol.